The van der Waals surface area contributed by atoms with Gasteiger partial charge in [-0.15, -0.1) is 6.58 Å². The molecule has 0 fully saturated rings. The smallest absolute Gasteiger partial charge is 0.0469 e. The molecule has 1 nitrogen and oxygen atoms in total. The van der Waals surface area contributed by atoms with Crippen LogP contribution >= 0.6 is 0 Å². The molecule has 0 saturated carbocycles. The van der Waals surface area contributed by atoms with Gasteiger partial charge in [0.1, 0.15) is 0 Å². The van der Waals surface area contributed by atoms with Crippen molar-refractivity contribution < 1.29 is 0 Å². The van der Waals surface area contributed by atoms with Gasteiger partial charge in [0.15, 0.2) is 0 Å². The number of hydrogen-bond acceptors (Lipinski definition) is 1. The lowest BCUT2D eigenvalue weighted by Gasteiger charge is -2.02. The first kappa shape index (κ1) is 7.00. The van der Waals surface area contributed by atoms with Crippen LogP contribution in [0.15, 0.2) is 37.1 Å². The molecule has 52 valence electrons. The van der Waals surface area contributed by atoms with E-state index in [4.69, 9.17) is 0 Å². The molecule has 1 unspecified atom stereocenters. The number of aromatic nitrogens is 1. The molecule has 1 rings (SSSR count). The third-order valence-electron chi connectivity index (χ3n) is 1.51. The van der Waals surface area contributed by atoms with Crippen LogP contribution in [0.25, 0.3) is 0 Å². The third-order valence-corrected chi connectivity index (χ3v) is 1.51. The Kier molecular flexibility index (Phi) is 2.21. The van der Waals surface area contributed by atoms with E-state index in [1.54, 1.807) is 6.20 Å². The van der Waals surface area contributed by atoms with E-state index in [1.165, 1.54) is 0 Å². The number of nitrogens with zero attached hydrogens (tertiary/aromatic N) is 1. The van der Waals surface area contributed by atoms with Gasteiger partial charge in [-0.2, -0.15) is 0 Å². The fraction of sp³-hybridized carbons (Fsp3) is 0.222. The zero-order valence-electron chi connectivity index (χ0n) is 6.12. The van der Waals surface area contributed by atoms with Crippen molar-refractivity contribution in [2.45, 2.75) is 12.8 Å². The molecule has 0 bridgehead atoms. The normalized spacial score (nSPS) is 12.5. The fourth-order valence-electron chi connectivity index (χ4n) is 0.766. The van der Waals surface area contributed by atoms with Crippen LogP contribution in [0.3, 0.4) is 0 Å². The molecule has 0 N–H and O–H groups in total. The Morgan fingerprint density at radius 1 is 1.60 bits per heavy atom. The molecular formula is C9H11N. The molecule has 0 saturated heterocycles. The monoisotopic (exact) mass is 133 g/mol. The summed E-state index contributed by atoms with van der Waals surface area (Å²) < 4.78 is 0. The van der Waals surface area contributed by atoms with Gasteiger partial charge in [0.2, 0.25) is 0 Å². The van der Waals surface area contributed by atoms with Gasteiger partial charge in [-0.3, -0.25) is 4.98 Å². The summed E-state index contributed by atoms with van der Waals surface area (Å²) in [5, 5.41) is 0. The van der Waals surface area contributed by atoms with E-state index >= 15 is 0 Å². The molecule has 1 heterocycles. The Labute approximate surface area is 61.4 Å². The highest BCUT2D eigenvalue weighted by atomic mass is 14.7. The van der Waals surface area contributed by atoms with Crippen molar-refractivity contribution in [3.8, 4) is 0 Å². The third kappa shape index (κ3) is 1.44. The zero-order valence-corrected chi connectivity index (χ0v) is 6.12. The van der Waals surface area contributed by atoms with Crippen molar-refractivity contribution >= 4 is 0 Å². The topological polar surface area (TPSA) is 12.9 Å². The summed E-state index contributed by atoms with van der Waals surface area (Å²) in [7, 11) is 0. The highest BCUT2D eigenvalue weighted by Crippen LogP contribution is 2.10. The predicted octanol–water partition coefficient (Wildman–Crippen LogP) is 2.37. The number of hydrogen-bond donors (Lipinski definition) is 0. The molecule has 0 aromatic carbocycles. The molecule has 1 heteroatoms. The van der Waals surface area contributed by atoms with E-state index in [2.05, 4.69) is 18.5 Å². The van der Waals surface area contributed by atoms with Crippen LogP contribution in [-0.2, 0) is 0 Å². The molecular weight excluding hydrogens is 122 g/mol. The van der Waals surface area contributed by atoms with E-state index in [0.717, 1.165) is 5.69 Å². The lowest BCUT2D eigenvalue weighted by atomic mass is 10.1. The van der Waals surface area contributed by atoms with Crippen molar-refractivity contribution in [1.82, 2.24) is 4.98 Å². The molecule has 0 aliphatic carbocycles. The standard InChI is InChI=1S/C9H11N/c1-3-8(2)9-6-4-5-7-10-9/h3-8H,1H2,2H3. The average Bonchev–Trinajstić information content (AvgIpc) is 2.05. The highest BCUT2D eigenvalue weighted by molar-refractivity contribution is 5.12. The van der Waals surface area contributed by atoms with Crippen molar-refractivity contribution in [1.29, 1.82) is 0 Å². The quantitative estimate of drug-likeness (QED) is 0.564. The second kappa shape index (κ2) is 3.16. The van der Waals surface area contributed by atoms with E-state index in [-0.39, 0.29) is 0 Å². The summed E-state index contributed by atoms with van der Waals surface area (Å²) in [6, 6.07) is 5.91. The maximum Gasteiger partial charge on any atom is 0.0469 e. The van der Waals surface area contributed by atoms with Crippen LogP contribution < -0.4 is 0 Å². The maximum atomic E-state index is 4.18. The van der Waals surface area contributed by atoms with Crippen molar-refractivity contribution in [2.24, 2.45) is 0 Å². The molecule has 0 radical (unpaired) electrons. The molecule has 0 spiro atoms. The van der Waals surface area contributed by atoms with Gasteiger partial charge >= 0.3 is 0 Å². The largest absolute Gasteiger partial charge is 0.261 e. The van der Waals surface area contributed by atoms with E-state index < -0.39 is 0 Å². The lowest BCUT2D eigenvalue weighted by Crippen LogP contribution is -1.90. The Bertz CT molecular complexity index is 203. The summed E-state index contributed by atoms with van der Waals surface area (Å²) >= 11 is 0. The first-order chi connectivity index (χ1) is 4.84. The summed E-state index contributed by atoms with van der Waals surface area (Å²) in [6.07, 6.45) is 3.69. The highest BCUT2D eigenvalue weighted by Gasteiger charge is 1.98. The first-order valence-electron chi connectivity index (χ1n) is 3.38. The van der Waals surface area contributed by atoms with Crippen LogP contribution in [-0.4, -0.2) is 4.98 Å². The average molecular weight is 133 g/mol. The molecule has 1 aromatic heterocycles. The molecule has 1 atom stereocenters. The Hall–Kier alpha value is -1.11. The Morgan fingerprint density at radius 3 is 2.90 bits per heavy atom. The van der Waals surface area contributed by atoms with Gasteiger partial charge in [0, 0.05) is 17.8 Å². The van der Waals surface area contributed by atoms with Crippen LogP contribution in [0.4, 0.5) is 0 Å². The molecule has 0 aliphatic heterocycles. The van der Waals surface area contributed by atoms with Gasteiger partial charge in [-0.05, 0) is 12.1 Å². The van der Waals surface area contributed by atoms with E-state index in [0.29, 0.717) is 5.92 Å². The second-order valence-electron chi connectivity index (χ2n) is 2.28. The zero-order chi connectivity index (χ0) is 7.40. The van der Waals surface area contributed by atoms with Crippen LogP contribution in [0.1, 0.15) is 18.5 Å². The predicted molar refractivity (Wildman–Crippen MR) is 42.8 cm³/mol. The molecule has 1 aromatic rings. The maximum absolute atomic E-state index is 4.18. The summed E-state index contributed by atoms with van der Waals surface area (Å²) in [6.45, 7) is 5.78. The minimum absolute atomic E-state index is 0.362. The van der Waals surface area contributed by atoms with Gasteiger partial charge in [-0.25, -0.2) is 0 Å². The van der Waals surface area contributed by atoms with Crippen LogP contribution in [0, 0.1) is 0 Å². The lowest BCUT2D eigenvalue weighted by molar-refractivity contribution is 0.909. The SMILES string of the molecule is C=CC(C)c1ccccn1. The van der Waals surface area contributed by atoms with Gasteiger partial charge in [-0.1, -0.05) is 19.1 Å². The van der Waals surface area contributed by atoms with Gasteiger partial charge in [0.05, 0.1) is 0 Å². The van der Waals surface area contributed by atoms with Gasteiger partial charge in [0.25, 0.3) is 0 Å². The number of pyridine rings is 1. The Balaban J connectivity index is 2.84. The minimum atomic E-state index is 0.362. The van der Waals surface area contributed by atoms with Crippen molar-refractivity contribution in [3.63, 3.8) is 0 Å². The fourth-order valence-corrected chi connectivity index (χ4v) is 0.766. The number of rotatable bonds is 2. The molecule has 10 heavy (non-hydrogen) atoms. The van der Waals surface area contributed by atoms with Crippen LogP contribution in [0.2, 0.25) is 0 Å². The summed E-state index contributed by atoms with van der Waals surface area (Å²) in [4.78, 5) is 4.18. The minimum Gasteiger partial charge on any atom is -0.261 e. The van der Waals surface area contributed by atoms with E-state index in [1.807, 2.05) is 24.3 Å². The van der Waals surface area contributed by atoms with Gasteiger partial charge < -0.3 is 0 Å². The van der Waals surface area contributed by atoms with Crippen molar-refractivity contribution in [3.05, 3.63) is 42.7 Å². The van der Waals surface area contributed by atoms with Crippen LogP contribution in [0.5, 0.6) is 0 Å². The second-order valence-corrected chi connectivity index (χ2v) is 2.28. The Morgan fingerprint density at radius 2 is 2.40 bits per heavy atom. The molecule has 0 amide bonds. The molecule has 0 aliphatic rings. The van der Waals surface area contributed by atoms with E-state index in [9.17, 15) is 0 Å². The summed E-state index contributed by atoms with van der Waals surface area (Å²) in [5.41, 5.74) is 1.08. The van der Waals surface area contributed by atoms with Crippen molar-refractivity contribution in [2.75, 3.05) is 0 Å². The first-order valence-corrected chi connectivity index (χ1v) is 3.38. The summed E-state index contributed by atoms with van der Waals surface area (Å²) in [5.74, 6) is 0.362. The number of allylic oxidation sites excluding steroid dienone is 1.